The van der Waals surface area contributed by atoms with Gasteiger partial charge in [0.25, 0.3) is 7.82 Å². The van der Waals surface area contributed by atoms with E-state index in [4.69, 9.17) is 9.05 Å². The fourth-order valence-corrected chi connectivity index (χ4v) is 10.1. The van der Waals surface area contributed by atoms with E-state index in [1.54, 1.807) is 0 Å². The molecule has 0 aliphatic rings. The molecule has 0 aliphatic carbocycles. The van der Waals surface area contributed by atoms with E-state index in [0.717, 1.165) is 83.5 Å². The highest BCUT2D eigenvalue weighted by atomic mass is 31.2. The summed E-state index contributed by atoms with van der Waals surface area (Å²) in [7, 11) is 1.31. The molecule has 0 saturated heterocycles. The summed E-state index contributed by atoms with van der Waals surface area (Å²) in [4.78, 5) is 25.6. The Morgan fingerprint density at radius 3 is 1.16 bits per heavy atom. The van der Waals surface area contributed by atoms with Crippen molar-refractivity contribution >= 4 is 13.7 Å². The first-order chi connectivity index (χ1) is 37.5. The van der Waals surface area contributed by atoms with Crippen molar-refractivity contribution in [3.05, 3.63) is 85.1 Å². The molecule has 0 aromatic heterocycles. The summed E-state index contributed by atoms with van der Waals surface area (Å²) in [6.07, 6.45) is 82.1. The normalized spacial score (nSPS) is 14.3. The average molecular weight is 1100 g/mol. The lowest BCUT2D eigenvalue weighted by Gasteiger charge is -2.30. The first kappa shape index (κ1) is 74.7. The van der Waals surface area contributed by atoms with Crippen LogP contribution in [0.2, 0.25) is 0 Å². The molecule has 0 heterocycles. The molecule has 0 aromatic carbocycles. The molecule has 77 heavy (non-hydrogen) atoms. The Balaban J connectivity index is 3.97. The van der Waals surface area contributed by atoms with Gasteiger partial charge in [0.2, 0.25) is 5.91 Å². The molecule has 8 nitrogen and oxygen atoms in total. The minimum absolute atomic E-state index is 0.0113. The Morgan fingerprint density at radius 1 is 0.468 bits per heavy atom. The first-order valence-corrected chi connectivity index (χ1v) is 33.9. The zero-order chi connectivity index (χ0) is 56.3. The lowest BCUT2D eigenvalue weighted by molar-refractivity contribution is -0.870. The van der Waals surface area contributed by atoms with Crippen molar-refractivity contribution in [2.45, 2.75) is 302 Å². The molecule has 0 fully saturated rings. The van der Waals surface area contributed by atoms with E-state index >= 15 is 0 Å². The molecule has 2 N–H and O–H groups in total. The summed E-state index contributed by atoms with van der Waals surface area (Å²) in [6.45, 7) is 4.63. The number of quaternary nitrogens is 1. The average Bonchev–Trinajstić information content (AvgIpc) is 3.39. The van der Waals surface area contributed by atoms with Gasteiger partial charge in [0, 0.05) is 6.42 Å². The van der Waals surface area contributed by atoms with Crippen LogP contribution in [-0.2, 0) is 18.4 Å². The van der Waals surface area contributed by atoms with E-state index in [1.807, 2.05) is 21.1 Å². The van der Waals surface area contributed by atoms with E-state index in [0.29, 0.717) is 23.9 Å². The van der Waals surface area contributed by atoms with Crippen LogP contribution in [0, 0.1) is 0 Å². The summed E-state index contributed by atoms with van der Waals surface area (Å²) in [5.41, 5.74) is 0. The van der Waals surface area contributed by atoms with Crippen molar-refractivity contribution in [1.29, 1.82) is 0 Å². The number of likely N-dealkylation sites (N-methyl/N-ethyl adjacent to an activating group) is 1. The van der Waals surface area contributed by atoms with Gasteiger partial charge in [-0.05, 0) is 70.6 Å². The van der Waals surface area contributed by atoms with Gasteiger partial charge < -0.3 is 28.8 Å². The second kappa shape index (κ2) is 58.3. The van der Waals surface area contributed by atoms with Gasteiger partial charge in [0.15, 0.2) is 0 Å². The molecule has 0 rings (SSSR count). The number of carbonyl (C=O) groups is 1. The standard InChI is InChI=1S/C68H125N2O6P/c1-6-8-10-12-14-16-18-20-22-24-25-26-27-28-29-30-31-32-33-34-35-36-37-38-39-40-41-42-43-44-45-46-48-50-52-54-56-58-60-62-68(72)69-66(65-76-77(73,74)75-64-63-70(3,4)5)67(71)61-59-57-55-53-51-49-47-23-21-19-17-15-13-11-9-7-2/h8,10,14,16,20,22,25-26,28-29,31-32,34-35,66-67,71H,6-7,9,11-13,15,17-19,21,23-24,27,30,33,36-65H2,1-5H3,(H-,69,72,73,74)/b10-8-,16-14-,22-20-,26-25-,29-28-,32-31-,35-34-. The third-order valence-electron chi connectivity index (χ3n) is 14.4. The number of amides is 1. The highest BCUT2D eigenvalue weighted by molar-refractivity contribution is 7.45. The molecule has 1 amide bonds. The monoisotopic (exact) mass is 1100 g/mol. The molecule has 0 bridgehead atoms. The van der Waals surface area contributed by atoms with Crippen molar-refractivity contribution < 1.29 is 32.9 Å². The number of phosphoric acid groups is 1. The van der Waals surface area contributed by atoms with E-state index in [9.17, 15) is 19.4 Å². The van der Waals surface area contributed by atoms with E-state index in [1.165, 1.54) is 180 Å². The van der Waals surface area contributed by atoms with Gasteiger partial charge in [-0.1, -0.05) is 298 Å². The Hall–Kier alpha value is -2.32. The maximum absolute atomic E-state index is 13.0. The molecule has 9 heteroatoms. The molecular formula is C68H125N2O6P. The second-order valence-electron chi connectivity index (χ2n) is 23.1. The number of nitrogens with zero attached hydrogens (tertiary/aromatic N) is 1. The number of nitrogens with one attached hydrogen (secondary N) is 1. The highest BCUT2D eigenvalue weighted by Crippen LogP contribution is 2.38. The van der Waals surface area contributed by atoms with Crippen LogP contribution in [0.4, 0.5) is 0 Å². The molecule has 0 aromatic rings. The summed E-state index contributed by atoms with van der Waals surface area (Å²) in [5, 5.41) is 14.0. The number of carbonyl (C=O) groups excluding carboxylic acids is 1. The Morgan fingerprint density at radius 2 is 0.792 bits per heavy atom. The van der Waals surface area contributed by atoms with Crippen LogP contribution in [0.1, 0.15) is 290 Å². The van der Waals surface area contributed by atoms with Crippen molar-refractivity contribution in [3.63, 3.8) is 0 Å². The third kappa shape index (κ3) is 61.2. The van der Waals surface area contributed by atoms with Crippen molar-refractivity contribution in [2.24, 2.45) is 0 Å². The smallest absolute Gasteiger partial charge is 0.268 e. The van der Waals surface area contributed by atoms with Crippen LogP contribution in [0.3, 0.4) is 0 Å². The first-order valence-electron chi connectivity index (χ1n) is 32.4. The van der Waals surface area contributed by atoms with E-state index in [2.05, 4.69) is 104 Å². The van der Waals surface area contributed by atoms with Crippen LogP contribution in [0.25, 0.3) is 0 Å². The van der Waals surface area contributed by atoms with Crippen LogP contribution >= 0.6 is 7.82 Å². The van der Waals surface area contributed by atoms with Gasteiger partial charge in [-0.25, -0.2) is 0 Å². The summed E-state index contributed by atoms with van der Waals surface area (Å²) < 4.78 is 23.5. The quantitative estimate of drug-likeness (QED) is 0.0272. The number of phosphoric ester groups is 1. The lowest BCUT2D eigenvalue weighted by atomic mass is 10.0. The molecule has 3 unspecified atom stereocenters. The molecule has 0 spiro atoms. The number of allylic oxidation sites excluding steroid dienone is 14. The molecule has 3 atom stereocenters. The second-order valence-corrected chi connectivity index (χ2v) is 24.5. The lowest BCUT2D eigenvalue weighted by Crippen LogP contribution is -2.46. The van der Waals surface area contributed by atoms with Crippen LogP contribution in [-0.4, -0.2) is 68.5 Å². The van der Waals surface area contributed by atoms with Gasteiger partial charge in [0.05, 0.1) is 39.9 Å². The van der Waals surface area contributed by atoms with Crippen molar-refractivity contribution in [3.8, 4) is 0 Å². The number of hydrogen-bond donors (Lipinski definition) is 2. The topological polar surface area (TPSA) is 108 Å². The van der Waals surface area contributed by atoms with Crippen molar-refractivity contribution in [2.75, 3.05) is 40.9 Å². The molecule has 0 saturated carbocycles. The predicted molar refractivity (Wildman–Crippen MR) is 334 cm³/mol. The van der Waals surface area contributed by atoms with Crippen LogP contribution in [0.15, 0.2) is 85.1 Å². The van der Waals surface area contributed by atoms with Crippen LogP contribution < -0.4 is 10.2 Å². The van der Waals surface area contributed by atoms with Gasteiger partial charge in [-0.15, -0.1) is 0 Å². The number of unbranched alkanes of at least 4 members (excludes halogenated alkanes) is 32. The van der Waals surface area contributed by atoms with Gasteiger partial charge in [-0.2, -0.15) is 0 Å². The fourth-order valence-electron chi connectivity index (χ4n) is 9.38. The molecular weight excluding hydrogens is 972 g/mol. The van der Waals surface area contributed by atoms with Crippen LogP contribution in [0.5, 0.6) is 0 Å². The van der Waals surface area contributed by atoms with Gasteiger partial charge >= 0.3 is 0 Å². The largest absolute Gasteiger partial charge is 0.756 e. The molecule has 0 radical (unpaired) electrons. The SMILES string of the molecule is CC/C=C\C/C=C\C/C=C\C/C=C\C/C=C\C/C=C\C/C=C\CCCCCCCCCCCCCCCCCCCC(=O)NC(COP(=O)([O-])OCC[N+](C)(C)C)C(O)CCCCCCCCCCCCCCCCCC. The minimum Gasteiger partial charge on any atom is -0.756 e. The zero-order valence-corrected chi connectivity index (χ0v) is 52.0. The van der Waals surface area contributed by atoms with Gasteiger partial charge in [0.1, 0.15) is 13.2 Å². The Kier molecular flexibility index (Phi) is 56.6. The number of aliphatic hydroxyl groups excluding tert-OH is 1. The zero-order valence-electron chi connectivity index (χ0n) is 51.1. The number of rotatable bonds is 59. The maximum Gasteiger partial charge on any atom is 0.268 e. The Labute approximate surface area is 477 Å². The summed E-state index contributed by atoms with van der Waals surface area (Å²) in [5.74, 6) is -0.163. The van der Waals surface area contributed by atoms with E-state index in [-0.39, 0.29) is 19.1 Å². The minimum atomic E-state index is -4.58. The highest BCUT2D eigenvalue weighted by Gasteiger charge is 2.24. The predicted octanol–water partition coefficient (Wildman–Crippen LogP) is 19.7. The summed E-state index contributed by atoms with van der Waals surface area (Å²) in [6, 6.07) is -0.803. The maximum atomic E-state index is 13.0. The number of hydrogen-bond acceptors (Lipinski definition) is 6. The molecule has 448 valence electrons. The fraction of sp³-hybridized carbons (Fsp3) is 0.779. The third-order valence-corrected chi connectivity index (χ3v) is 15.4. The number of aliphatic hydroxyl groups is 1. The summed E-state index contributed by atoms with van der Waals surface area (Å²) >= 11 is 0. The van der Waals surface area contributed by atoms with E-state index < -0.39 is 20.0 Å². The van der Waals surface area contributed by atoms with Gasteiger partial charge in [-0.3, -0.25) is 9.36 Å². The van der Waals surface area contributed by atoms with Crippen molar-refractivity contribution in [1.82, 2.24) is 5.32 Å². The Bertz CT molecular complexity index is 1530. The molecule has 0 aliphatic heterocycles.